The first kappa shape index (κ1) is 18.6. The van der Waals surface area contributed by atoms with Gasteiger partial charge in [0.1, 0.15) is 5.69 Å². The van der Waals surface area contributed by atoms with Crippen LogP contribution in [0.1, 0.15) is 40.4 Å². The Morgan fingerprint density at radius 3 is 2.46 bits per heavy atom. The van der Waals surface area contributed by atoms with Crippen LogP contribution in [0.15, 0.2) is 48.5 Å². The summed E-state index contributed by atoms with van der Waals surface area (Å²) < 4.78 is 38.5. The van der Waals surface area contributed by atoms with Gasteiger partial charge in [0.2, 0.25) is 0 Å². The van der Waals surface area contributed by atoms with Crippen molar-refractivity contribution in [2.24, 2.45) is 0 Å². The van der Waals surface area contributed by atoms with Crippen molar-refractivity contribution in [1.82, 2.24) is 10.2 Å². The number of amides is 1. The Morgan fingerprint density at radius 1 is 1.14 bits per heavy atom. The van der Waals surface area contributed by atoms with Gasteiger partial charge < -0.3 is 5.32 Å². The van der Waals surface area contributed by atoms with Gasteiger partial charge in [0, 0.05) is 22.1 Å². The van der Waals surface area contributed by atoms with E-state index in [0.29, 0.717) is 27.5 Å². The second-order valence-corrected chi connectivity index (χ2v) is 7.11. The number of H-pyrrole nitrogens is 1. The molecule has 0 unspecified atom stereocenters. The van der Waals surface area contributed by atoms with Crippen LogP contribution in [-0.2, 0) is 6.18 Å². The third-order valence-corrected chi connectivity index (χ3v) is 4.83. The maximum Gasteiger partial charge on any atom is 0.416 e. The second-order valence-electron chi connectivity index (χ2n) is 6.67. The Bertz CT molecular complexity index is 1020. The molecule has 2 aromatic carbocycles. The molecule has 28 heavy (non-hydrogen) atoms. The summed E-state index contributed by atoms with van der Waals surface area (Å²) >= 11 is 5.95. The third kappa shape index (κ3) is 3.75. The summed E-state index contributed by atoms with van der Waals surface area (Å²) in [6, 6.07) is 11.2. The van der Waals surface area contributed by atoms with Crippen molar-refractivity contribution >= 4 is 23.2 Å². The van der Waals surface area contributed by atoms with E-state index in [1.807, 2.05) is 0 Å². The highest BCUT2D eigenvalue weighted by Gasteiger charge is 2.32. The van der Waals surface area contributed by atoms with Gasteiger partial charge in [0.25, 0.3) is 5.91 Å². The fourth-order valence-corrected chi connectivity index (χ4v) is 3.18. The lowest BCUT2D eigenvalue weighted by Crippen LogP contribution is -2.13. The number of hydrogen-bond acceptors (Lipinski definition) is 2. The molecule has 1 amide bonds. The smallest absolute Gasteiger partial charge is 0.319 e. The normalized spacial score (nSPS) is 14.1. The van der Waals surface area contributed by atoms with Gasteiger partial charge >= 0.3 is 6.18 Å². The summed E-state index contributed by atoms with van der Waals surface area (Å²) in [6.07, 6.45) is -2.48. The molecule has 1 heterocycles. The van der Waals surface area contributed by atoms with Crippen LogP contribution in [0.4, 0.5) is 18.9 Å². The van der Waals surface area contributed by atoms with Gasteiger partial charge in [-0.15, -0.1) is 0 Å². The lowest BCUT2D eigenvalue weighted by molar-refractivity contribution is -0.137. The summed E-state index contributed by atoms with van der Waals surface area (Å²) in [7, 11) is 0. The first-order valence-corrected chi connectivity index (χ1v) is 9.03. The average molecular weight is 406 g/mol. The zero-order valence-electron chi connectivity index (χ0n) is 14.5. The molecule has 144 valence electrons. The van der Waals surface area contributed by atoms with Crippen molar-refractivity contribution in [3.63, 3.8) is 0 Å². The molecule has 0 saturated heterocycles. The van der Waals surface area contributed by atoms with Crippen LogP contribution in [-0.4, -0.2) is 16.1 Å². The molecule has 2 N–H and O–H groups in total. The lowest BCUT2D eigenvalue weighted by atomic mass is 10.1. The molecule has 1 aromatic heterocycles. The van der Waals surface area contributed by atoms with E-state index in [0.717, 1.165) is 30.7 Å². The van der Waals surface area contributed by atoms with Crippen molar-refractivity contribution in [2.75, 3.05) is 5.32 Å². The van der Waals surface area contributed by atoms with Gasteiger partial charge in [-0.3, -0.25) is 9.89 Å². The maximum absolute atomic E-state index is 12.8. The Hall–Kier alpha value is -2.80. The van der Waals surface area contributed by atoms with Gasteiger partial charge in [-0.25, -0.2) is 0 Å². The standard InChI is InChI=1S/C20H15ClF3N3O/c21-15-3-1-2-13(10-15)19(28)25-18-16(11-4-5-11)26-27-17(18)12-6-8-14(9-7-12)20(22,23)24/h1-3,6-11H,4-5H2,(H,25,28)(H,26,27). The second kappa shape index (κ2) is 6.98. The van der Waals surface area contributed by atoms with Gasteiger partial charge in [-0.05, 0) is 43.2 Å². The summed E-state index contributed by atoms with van der Waals surface area (Å²) in [5, 5.41) is 10.5. The summed E-state index contributed by atoms with van der Waals surface area (Å²) in [4.78, 5) is 12.7. The first-order chi connectivity index (χ1) is 13.3. The van der Waals surface area contributed by atoms with E-state index in [9.17, 15) is 18.0 Å². The van der Waals surface area contributed by atoms with E-state index in [1.54, 1.807) is 24.3 Å². The van der Waals surface area contributed by atoms with Crippen molar-refractivity contribution in [1.29, 1.82) is 0 Å². The zero-order chi connectivity index (χ0) is 19.9. The van der Waals surface area contributed by atoms with Gasteiger partial charge in [-0.1, -0.05) is 29.8 Å². The molecule has 1 aliphatic rings. The predicted molar refractivity (Wildman–Crippen MR) is 100 cm³/mol. The van der Waals surface area contributed by atoms with Crippen molar-refractivity contribution in [2.45, 2.75) is 24.9 Å². The number of aromatic nitrogens is 2. The van der Waals surface area contributed by atoms with Crippen LogP contribution < -0.4 is 5.32 Å². The zero-order valence-corrected chi connectivity index (χ0v) is 15.2. The molecular formula is C20H15ClF3N3O. The van der Waals surface area contributed by atoms with Crippen LogP contribution in [0.3, 0.4) is 0 Å². The van der Waals surface area contributed by atoms with E-state index in [1.165, 1.54) is 12.1 Å². The Morgan fingerprint density at radius 2 is 1.86 bits per heavy atom. The first-order valence-electron chi connectivity index (χ1n) is 8.66. The number of carbonyl (C=O) groups excluding carboxylic acids is 1. The summed E-state index contributed by atoms with van der Waals surface area (Å²) in [5.41, 5.74) is 1.81. The Kier molecular flexibility index (Phi) is 4.63. The Balaban J connectivity index is 1.68. The van der Waals surface area contributed by atoms with E-state index >= 15 is 0 Å². The molecule has 4 nitrogen and oxygen atoms in total. The molecule has 0 aliphatic heterocycles. The van der Waals surface area contributed by atoms with Crippen molar-refractivity contribution in [3.05, 3.63) is 70.4 Å². The molecular weight excluding hydrogens is 391 g/mol. The van der Waals surface area contributed by atoms with Crippen LogP contribution in [0, 0.1) is 0 Å². The number of anilines is 1. The molecule has 0 bridgehead atoms. The molecule has 1 saturated carbocycles. The number of hydrogen-bond donors (Lipinski definition) is 2. The minimum Gasteiger partial charge on any atom is -0.319 e. The minimum atomic E-state index is -4.41. The topological polar surface area (TPSA) is 57.8 Å². The number of aromatic amines is 1. The molecule has 8 heteroatoms. The van der Waals surface area contributed by atoms with Gasteiger partial charge in [0.05, 0.1) is 16.9 Å². The molecule has 3 aromatic rings. The highest BCUT2D eigenvalue weighted by atomic mass is 35.5. The van der Waals surface area contributed by atoms with Crippen LogP contribution in [0.5, 0.6) is 0 Å². The van der Waals surface area contributed by atoms with E-state index < -0.39 is 11.7 Å². The third-order valence-electron chi connectivity index (χ3n) is 4.59. The van der Waals surface area contributed by atoms with Crippen LogP contribution in [0.2, 0.25) is 5.02 Å². The Labute approximate surface area is 163 Å². The molecule has 4 rings (SSSR count). The van der Waals surface area contributed by atoms with E-state index in [-0.39, 0.29) is 11.8 Å². The number of alkyl halides is 3. The highest BCUT2D eigenvalue weighted by Crippen LogP contribution is 2.45. The summed E-state index contributed by atoms with van der Waals surface area (Å²) in [6.45, 7) is 0. The lowest BCUT2D eigenvalue weighted by Gasteiger charge is -2.10. The number of carbonyl (C=O) groups is 1. The number of halogens is 4. The largest absolute Gasteiger partial charge is 0.416 e. The molecule has 0 radical (unpaired) electrons. The molecule has 1 fully saturated rings. The fraction of sp³-hybridized carbons (Fsp3) is 0.200. The monoisotopic (exact) mass is 405 g/mol. The maximum atomic E-state index is 12.8. The van der Waals surface area contributed by atoms with E-state index in [2.05, 4.69) is 15.5 Å². The minimum absolute atomic E-state index is 0.255. The predicted octanol–water partition coefficient (Wildman–Crippen LogP) is 5.88. The number of nitrogens with zero attached hydrogens (tertiary/aromatic N) is 1. The van der Waals surface area contributed by atoms with Crippen LogP contribution in [0.25, 0.3) is 11.3 Å². The SMILES string of the molecule is O=C(Nc1c(-c2ccc(C(F)(F)F)cc2)n[nH]c1C1CC1)c1cccc(Cl)c1. The fourth-order valence-electron chi connectivity index (χ4n) is 2.99. The van der Waals surface area contributed by atoms with Gasteiger partial charge in [-0.2, -0.15) is 18.3 Å². The van der Waals surface area contributed by atoms with E-state index in [4.69, 9.17) is 11.6 Å². The van der Waals surface area contributed by atoms with Gasteiger partial charge in [0.15, 0.2) is 0 Å². The molecule has 0 spiro atoms. The average Bonchev–Trinajstić information content (AvgIpc) is 3.42. The number of benzene rings is 2. The number of nitrogens with one attached hydrogen (secondary N) is 2. The molecule has 1 aliphatic carbocycles. The molecule has 0 atom stereocenters. The highest BCUT2D eigenvalue weighted by molar-refractivity contribution is 6.31. The summed E-state index contributed by atoms with van der Waals surface area (Å²) in [5.74, 6) is -0.107. The number of rotatable bonds is 4. The van der Waals surface area contributed by atoms with Crippen molar-refractivity contribution < 1.29 is 18.0 Å². The quantitative estimate of drug-likeness (QED) is 0.569. The van der Waals surface area contributed by atoms with Crippen LogP contribution >= 0.6 is 11.6 Å². The van der Waals surface area contributed by atoms with Crippen molar-refractivity contribution in [3.8, 4) is 11.3 Å².